The number of hydrogen-bond acceptors (Lipinski definition) is 5. The molecule has 0 aliphatic heterocycles. The van der Waals surface area contributed by atoms with E-state index in [1.807, 2.05) is 42.5 Å². The van der Waals surface area contributed by atoms with Gasteiger partial charge in [-0.1, -0.05) is 42.5 Å². The first kappa shape index (κ1) is 26.8. The fraction of sp³-hybridized carbons (Fsp3) is 0.103. The Morgan fingerprint density at radius 3 is 2.24 bits per heavy atom. The Labute approximate surface area is 234 Å². The number of nitrogens with zero attached hydrogens (tertiary/aromatic N) is 1. The second-order valence-corrected chi connectivity index (χ2v) is 9.74. The Hall–Kier alpha value is -4.25. The topological polar surface area (TPSA) is 126 Å². The van der Waals surface area contributed by atoms with Gasteiger partial charge in [0.25, 0.3) is 11.8 Å². The number of amides is 3. The first-order valence-electron chi connectivity index (χ1n) is 11.9. The Morgan fingerprint density at radius 2 is 1.55 bits per heavy atom. The molecule has 0 radical (unpaired) electrons. The molecule has 3 amide bonds. The number of pyridine rings is 1. The summed E-state index contributed by atoms with van der Waals surface area (Å²) in [6.45, 7) is 0. The molecule has 192 valence electrons. The largest absolute Gasteiger partial charge is 0.397 e. The molecule has 0 aliphatic rings. The third-order valence-electron chi connectivity index (χ3n) is 5.72. The number of benzene rings is 3. The lowest BCUT2D eigenvalue weighted by Gasteiger charge is -2.19. The number of nitrogen functional groups attached to an aromatic ring is 1. The van der Waals surface area contributed by atoms with Crippen LogP contribution in [0.5, 0.6) is 0 Å². The Balaban J connectivity index is 1.50. The first-order chi connectivity index (χ1) is 18.4. The van der Waals surface area contributed by atoms with Crippen LogP contribution in [-0.2, 0) is 16.0 Å². The summed E-state index contributed by atoms with van der Waals surface area (Å²) in [5.74, 6) is -1.13. The average Bonchev–Trinajstić information content (AvgIpc) is 2.93. The quantitative estimate of drug-likeness (QED) is 0.156. The molecule has 5 N–H and O–H groups in total. The zero-order chi connectivity index (χ0) is 26.9. The van der Waals surface area contributed by atoms with Gasteiger partial charge in [-0.3, -0.25) is 19.4 Å². The van der Waals surface area contributed by atoms with Crippen molar-refractivity contribution in [3.8, 4) is 0 Å². The number of aromatic nitrogens is 1. The normalized spacial score (nSPS) is 11.3. The molecule has 0 saturated heterocycles. The van der Waals surface area contributed by atoms with E-state index >= 15 is 0 Å². The van der Waals surface area contributed by atoms with Crippen LogP contribution in [0.4, 0.5) is 17.1 Å². The number of carbonyl (C=O) groups excluding carboxylic acids is 3. The van der Waals surface area contributed by atoms with Gasteiger partial charge in [0.15, 0.2) is 6.04 Å². The van der Waals surface area contributed by atoms with Crippen LogP contribution in [0.3, 0.4) is 0 Å². The minimum atomic E-state index is -1.06. The van der Waals surface area contributed by atoms with E-state index in [0.29, 0.717) is 29.2 Å². The van der Waals surface area contributed by atoms with Gasteiger partial charge in [0.05, 0.1) is 22.6 Å². The fourth-order valence-electron chi connectivity index (χ4n) is 3.67. The monoisotopic (exact) mass is 619 g/mol. The van der Waals surface area contributed by atoms with Crippen LogP contribution in [0, 0.1) is 3.57 Å². The zero-order valence-electron chi connectivity index (χ0n) is 20.4. The molecule has 4 aromatic rings. The van der Waals surface area contributed by atoms with Crippen LogP contribution < -0.4 is 21.7 Å². The molecule has 38 heavy (non-hydrogen) atoms. The summed E-state index contributed by atoms with van der Waals surface area (Å²) in [5, 5.41) is 8.38. The van der Waals surface area contributed by atoms with E-state index in [1.54, 1.807) is 48.5 Å². The van der Waals surface area contributed by atoms with E-state index in [4.69, 9.17) is 5.73 Å². The van der Waals surface area contributed by atoms with Crippen molar-refractivity contribution in [2.24, 2.45) is 0 Å². The lowest BCUT2D eigenvalue weighted by atomic mass is 10.1. The minimum Gasteiger partial charge on any atom is -0.397 e. The molecule has 0 bridgehead atoms. The predicted octanol–water partition coefficient (Wildman–Crippen LogP) is 4.95. The molecule has 8 nitrogen and oxygen atoms in total. The molecule has 1 unspecified atom stereocenters. The fourth-order valence-corrected chi connectivity index (χ4v) is 4.03. The average molecular weight is 619 g/mol. The molecule has 3 aromatic carbocycles. The molecule has 9 heteroatoms. The van der Waals surface area contributed by atoms with Gasteiger partial charge in [-0.05, 0) is 83.1 Å². The molecule has 0 saturated carbocycles. The summed E-state index contributed by atoms with van der Waals surface area (Å²) in [7, 11) is 0. The molecule has 1 heterocycles. The number of halogens is 1. The maximum atomic E-state index is 13.2. The second-order valence-electron chi connectivity index (χ2n) is 8.50. The summed E-state index contributed by atoms with van der Waals surface area (Å²) < 4.78 is 1.03. The summed E-state index contributed by atoms with van der Waals surface area (Å²) in [4.78, 5) is 43.1. The Morgan fingerprint density at radius 1 is 0.842 bits per heavy atom. The summed E-state index contributed by atoms with van der Waals surface area (Å²) in [6, 6.07) is 25.9. The molecular formula is C29H26IN5O3. The van der Waals surface area contributed by atoms with Crippen molar-refractivity contribution in [2.75, 3.05) is 16.4 Å². The van der Waals surface area contributed by atoms with Crippen molar-refractivity contribution >= 4 is 57.4 Å². The van der Waals surface area contributed by atoms with E-state index in [1.165, 1.54) is 6.20 Å². The van der Waals surface area contributed by atoms with Crippen LogP contribution >= 0.6 is 22.6 Å². The van der Waals surface area contributed by atoms with Gasteiger partial charge in [-0.25, -0.2) is 0 Å². The van der Waals surface area contributed by atoms with Gasteiger partial charge in [-0.15, -0.1) is 0 Å². The number of hydrogen-bond donors (Lipinski definition) is 4. The lowest BCUT2D eigenvalue weighted by molar-refractivity contribution is -0.126. The maximum Gasteiger partial charge on any atom is 0.257 e. The smallest absolute Gasteiger partial charge is 0.257 e. The minimum absolute atomic E-state index is 0.205. The van der Waals surface area contributed by atoms with Crippen LogP contribution in [0.15, 0.2) is 97.2 Å². The van der Waals surface area contributed by atoms with E-state index in [0.717, 1.165) is 9.13 Å². The van der Waals surface area contributed by atoms with Gasteiger partial charge >= 0.3 is 0 Å². The van der Waals surface area contributed by atoms with Gasteiger partial charge in [0, 0.05) is 21.9 Å². The van der Waals surface area contributed by atoms with Gasteiger partial charge in [-0.2, -0.15) is 0 Å². The highest BCUT2D eigenvalue weighted by Gasteiger charge is 2.25. The van der Waals surface area contributed by atoms with Gasteiger partial charge in [0.2, 0.25) is 5.91 Å². The summed E-state index contributed by atoms with van der Waals surface area (Å²) in [6.07, 6.45) is 2.11. The number of carbonyl (C=O) groups is 3. The number of rotatable bonds is 9. The van der Waals surface area contributed by atoms with Gasteiger partial charge in [0.1, 0.15) is 0 Å². The third-order valence-corrected chi connectivity index (χ3v) is 6.44. The number of nitrogens with two attached hydrogens (primary N) is 1. The van der Waals surface area contributed by atoms with E-state index in [-0.39, 0.29) is 17.9 Å². The first-order valence-corrected chi connectivity index (χ1v) is 13.0. The number of para-hydroxylation sites is 2. The maximum absolute atomic E-state index is 13.2. The number of anilines is 3. The van der Waals surface area contributed by atoms with Crippen molar-refractivity contribution < 1.29 is 14.4 Å². The number of aryl methyl sites for hydroxylation is 1. The summed E-state index contributed by atoms with van der Waals surface area (Å²) in [5.41, 5.74) is 9.04. The van der Waals surface area contributed by atoms with Gasteiger partial charge < -0.3 is 21.7 Å². The Bertz CT molecular complexity index is 1410. The van der Waals surface area contributed by atoms with Crippen molar-refractivity contribution in [2.45, 2.75) is 18.9 Å². The highest BCUT2D eigenvalue weighted by atomic mass is 127. The van der Waals surface area contributed by atoms with Crippen molar-refractivity contribution in [3.63, 3.8) is 0 Å². The highest BCUT2D eigenvalue weighted by molar-refractivity contribution is 14.1. The molecule has 1 aromatic heterocycles. The van der Waals surface area contributed by atoms with Crippen molar-refractivity contribution in [3.05, 3.63) is 118 Å². The highest BCUT2D eigenvalue weighted by Crippen LogP contribution is 2.20. The van der Waals surface area contributed by atoms with Crippen molar-refractivity contribution in [1.82, 2.24) is 10.3 Å². The van der Waals surface area contributed by atoms with Crippen molar-refractivity contribution in [1.29, 1.82) is 0 Å². The van der Waals surface area contributed by atoms with E-state index in [9.17, 15) is 14.4 Å². The lowest BCUT2D eigenvalue weighted by Crippen LogP contribution is -2.37. The van der Waals surface area contributed by atoms with E-state index in [2.05, 4.69) is 43.5 Å². The predicted molar refractivity (Wildman–Crippen MR) is 156 cm³/mol. The van der Waals surface area contributed by atoms with Crippen LogP contribution in [0.2, 0.25) is 0 Å². The molecule has 0 fully saturated rings. The molecule has 0 spiro atoms. The molecular weight excluding hydrogens is 593 g/mol. The molecule has 1 atom stereocenters. The van der Waals surface area contributed by atoms with Crippen LogP contribution in [0.1, 0.15) is 34.1 Å². The molecule has 4 rings (SSSR count). The van der Waals surface area contributed by atoms with E-state index < -0.39 is 17.9 Å². The number of nitrogens with one attached hydrogen (secondary N) is 3. The summed E-state index contributed by atoms with van der Waals surface area (Å²) >= 11 is 2.18. The zero-order valence-corrected chi connectivity index (χ0v) is 22.5. The second kappa shape index (κ2) is 12.8. The standard InChI is InChI=1S/C29H26IN5O3/c30-21-12-14-22(15-13-21)33-29(38)27(35-26(36)17-10-19-6-2-1-3-7-19)25-16-11-20(18-32-25)28(37)34-24-9-5-4-8-23(24)31/h1-9,11-16,18,27H,10,17,31H2,(H,33,38)(H,34,37)(H,35,36). The Kier molecular flexibility index (Phi) is 9.04. The molecule has 0 aliphatic carbocycles. The SMILES string of the molecule is Nc1ccccc1NC(=O)c1ccc(C(NC(=O)CCc2ccccc2)C(=O)Nc2ccc(I)cc2)nc1. The van der Waals surface area contributed by atoms with Crippen LogP contribution in [0.25, 0.3) is 0 Å². The third kappa shape index (κ3) is 7.39. The van der Waals surface area contributed by atoms with Crippen LogP contribution in [-0.4, -0.2) is 22.7 Å².